The average molecular weight is 567 g/mol. The van der Waals surface area contributed by atoms with Crippen LogP contribution >= 0.6 is 0 Å². The number of hydrogen-bond donors (Lipinski definition) is 1. The Balaban J connectivity index is 1.34. The molecule has 222 valence electrons. The van der Waals surface area contributed by atoms with E-state index in [9.17, 15) is 14.4 Å². The normalized spacial score (nSPS) is 23.9. The van der Waals surface area contributed by atoms with E-state index < -0.39 is 0 Å². The van der Waals surface area contributed by atoms with Crippen molar-refractivity contribution in [2.75, 3.05) is 40.4 Å². The van der Waals surface area contributed by atoms with Gasteiger partial charge in [-0.1, -0.05) is 11.2 Å². The van der Waals surface area contributed by atoms with Gasteiger partial charge in [0.05, 0.1) is 26.3 Å². The molecule has 10 nitrogen and oxygen atoms in total. The van der Waals surface area contributed by atoms with Crippen molar-refractivity contribution in [2.45, 2.75) is 70.8 Å². The van der Waals surface area contributed by atoms with Gasteiger partial charge in [0.2, 0.25) is 17.7 Å². The molecule has 41 heavy (non-hydrogen) atoms. The number of likely N-dealkylation sites (tertiary alicyclic amines) is 1. The number of methoxy groups -OCH3 is 2. The highest BCUT2D eigenvalue weighted by molar-refractivity contribution is 5.79. The van der Waals surface area contributed by atoms with Crippen LogP contribution in [-0.4, -0.2) is 79.1 Å². The Morgan fingerprint density at radius 2 is 1.90 bits per heavy atom. The number of rotatable bonds is 4. The number of aryl methyl sites for hydroxylation is 3. The SMILES string of the molecule is COc1cc2cc(c1OC)CCCNC(=O)CCC[C@H]1[C@@H]3C[C@@H](CN(C(=O)Cc4cc(C)no4)C3)CN1C(=O)CC2. The molecule has 5 rings (SSSR count). The Bertz CT molecular complexity index is 1260. The molecular formula is C31H42N4O6. The van der Waals surface area contributed by atoms with Crippen molar-refractivity contribution < 1.29 is 28.4 Å². The summed E-state index contributed by atoms with van der Waals surface area (Å²) in [6.07, 6.45) is 5.61. The molecule has 3 amide bonds. The van der Waals surface area contributed by atoms with Gasteiger partial charge in [-0.15, -0.1) is 0 Å². The third-order valence-corrected chi connectivity index (χ3v) is 8.74. The van der Waals surface area contributed by atoms with Crippen molar-refractivity contribution in [3.63, 3.8) is 0 Å². The van der Waals surface area contributed by atoms with Crippen LogP contribution in [0, 0.1) is 18.8 Å². The van der Waals surface area contributed by atoms with Crippen LogP contribution in [0.5, 0.6) is 11.5 Å². The van der Waals surface area contributed by atoms with Gasteiger partial charge in [-0.3, -0.25) is 14.4 Å². The first-order valence-corrected chi connectivity index (χ1v) is 14.8. The molecule has 10 heteroatoms. The summed E-state index contributed by atoms with van der Waals surface area (Å²) >= 11 is 0. The maximum atomic E-state index is 13.8. The summed E-state index contributed by atoms with van der Waals surface area (Å²) in [5.41, 5.74) is 2.82. The fourth-order valence-corrected chi connectivity index (χ4v) is 6.87. The van der Waals surface area contributed by atoms with Crippen molar-refractivity contribution >= 4 is 17.7 Å². The molecule has 1 aromatic carbocycles. The summed E-state index contributed by atoms with van der Waals surface area (Å²) in [7, 11) is 3.26. The molecule has 4 heterocycles. The summed E-state index contributed by atoms with van der Waals surface area (Å²) in [5.74, 6) is 2.56. The van der Waals surface area contributed by atoms with Gasteiger partial charge >= 0.3 is 0 Å². The molecule has 2 saturated heterocycles. The van der Waals surface area contributed by atoms with Crippen LogP contribution in [0.15, 0.2) is 22.7 Å². The highest BCUT2D eigenvalue weighted by atomic mass is 16.5. The number of ether oxygens (including phenoxy) is 2. The Hall–Kier alpha value is -3.56. The number of amides is 3. The standard InChI is InChI=1S/C31H42N4O6/c1-20-12-25(41-33-20)16-30(38)34-17-22-14-24(19-34)26-7-4-8-28(36)32-11-5-6-23-13-21(9-10-29(37)35(26)18-22)15-27(39-2)31(23)40-3/h12-13,15,22,24,26H,4-11,14,16-19H2,1-3H3,(H,32,36)/t22-,24+,26-/m0/s1. The smallest absolute Gasteiger partial charge is 0.230 e. The number of hydrogen-bond acceptors (Lipinski definition) is 7. The Kier molecular flexibility index (Phi) is 9.15. The van der Waals surface area contributed by atoms with Gasteiger partial charge in [-0.05, 0) is 74.5 Å². The lowest BCUT2D eigenvalue weighted by Gasteiger charge is -2.51. The van der Waals surface area contributed by atoms with Gasteiger partial charge in [0, 0.05) is 51.1 Å². The summed E-state index contributed by atoms with van der Waals surface area (Å²) in [6.45, 7) is 4.32. The van der Waals surface area contributed by atoms with Crippen LogP contribution in [-0.2, 0) is 33.6 Å². The van der Waals surface area contributed by atoms with Gasteiger partial charge in [-0.2, -0.15) is 0 Å². The van der Waals surface area contributed by atoms with E-state index in [1.165, 1.54) is 0 Å². The maximum Gasteiger partial charge on any atom is 0.230 e. The second-order valence-corrected chi connectivity index (χ2v) is 11.7. The molecule has 4 bridgehead atoms. The number of nitrogens with one attached hydrogen (secondary N) is 1. The van der Waals surface area contributed by atoms with Crippen LogP contribution < -0.4 is 14.8 Å². The lowest BCUT2D eigenvalue weighted by molar-refractivity contribution is -0.145. The van der Waals surface area contributed by atoms with E-state index in [1.807, 2.05) is 17.9 Å². The minimum absolute atomic E-state index is 0.00328. The van der Waals surface area contributed by atoms with Gasteiger partial charge in [0.1, 0.15) is 5.76 Å². The molecule has 0 unspecified atom stereocenters. The molecule has 2 fully saturated rings. The number of benzene rings is 1. The van der Waals surface area contributed by atoms with E-state index in [-0.39, 0.29) is 42.0 Å². The van der Waals surface area contributed by atoms with Crippen molar-refractivity contribution in [3.8, 4) is 11.5 Å². The Morgan fingerprint density at radius 3 is 2.66 bits per heavy atom. The second kappa shape index (κ2) is 13.0. The molecule has 1 aromatic heterocycles. The summed E-state index contributed by atoms with van der Waals surface area (Å²) in [6, 6.07) is 5.87. The quantitative estimate of drug-likeness (QED) is 0.605. The molecule has 3 aliphatic heterocycles. The van der Waals surface area contributed by atoms with Gasteiger partial charge in [-0.25, -0.2) is 0 Å². The molecule has 0 spiro atoms. The van der Waals surface area contributed by atoms with Gasteiger partial charge in [0.25, 0.3) is 0 Å². The number of carbonyl (C=O) groups is 3. The number of nitrogens with zero attached hydrogens (tertiary/aromatic N) is 3. The fraction of sp³-hybridized carbons (Fsp3) is 0.613. The third kappa shape index (κ3) is 6.85. The van der Waals surface area contributed by atoms with E-state index in [1.54, 1.807) is 20.3 Å². The van der Waals surface area contributed by atoms with Crippen molar-refractivity contribution in [2.24, 2.45) is 11.8 Å². The first kappa shape index (κ1) is 29.0. The van der Waals surface area contributed by atoms with Crippen molar-refractivity contribution in [1.29, 1.82) is 0 Å². The van der Waals surface area contributed by atoms with Crippen LogP contribution in [0.25, 0.3) is 0 Å². The van der Waals surface area contributed by atoms with Crippen molar-refractivity contribution in [3.05, 3.63) is 40.8 Å². The van der Waals surface area contributed by atoms with Crippen LogP contribution in [0.4, 0.5) is 0 Å². The van der Waals surface area contributed by atoms with Crippen LogP contribution in [0.2, 0.25) is 0 Å². The largest absolute Gasteiger partial charge is 0.493 e. The Labute approximate surface area is 241 Å². The van der Waals surface area contributed by atoms with E-state index in [0.29, 0.717) is 69.1 Å². The number of carbonyl (C=O) groups excluding carboxylic acids is 3. The zero-order chi connectivity index (χ0) is 28.9. The molecule has 3 aliphatic rings. The van der Waals surface area contributed by atoms with Gasteiger partial charge < -0.3 is 29.1 Å². The molecule has 2 aromatic rings. The first-order chi connectivity index (χ1) is 19.8. The molecule has 3 atom stereocenters. The molecule has 0 saturated carbocycles. The lowest BCUT2D eigenvalue weighted by atomic mass is 9.77. The summed E-state index contributed by atoms with van der Waals surface area (Å²) < 4.78 is 16.5. The average Bonchev–Trinajstić information content (AvgIpc) is 3.37. The summed E-state index contributed by atoms with van der Waals surface area (Å²) in [5, 5.41) is 6.96. The Morgan fingerprint density at radius 1 is 1.05 bits per heavy atom. The predicted molar refractivity (Wildman–Crippen MR) is 152 cm³/mol. The van der Waals surface area contributed by atoms with E-state index in [4.69, 9.17) is 14.0 Å². The van der Waals surface area contributed by atoms with Crippen LogP contribution in [0.3, 0.4) is 0 Å². The minimum atomic E-state index is 0.00328. The number of fused-ring (bicyclic) bond motifs is 6. The number of piperidine rings is 2. The van der Waals surface area contributed by atoms with E-state index in [0.717, 1.165) is 42.5 Å². The number of aromatic nitrogens is 1. The zero-order valence-electron chi connectivity index (χ0n) is 24.4. The van der Waals surface area contributed by atoms with Crippen LogP contribution in [0.1, 0.15) is 61.1 Å². The monoisotopic (exact) mass is 566 g/mol. The first-order valence-electron chi connectivity index (χ1n) is 14.8. The van der Waals surface area contributed by atoms with E-state index >= 15 is 0 Å². The topological polar surface area (TPSA) is 114 Å². The predicted octanol–water partition coefficient (Wildman–Crippen LogP) is 3.08. The maximum absolute atomic E-state index is 13.8. The van der Waals surface area contributed by atoms with E-state index in [2.05, 4.69) is 21.4 Å². The minimum Gasteiger partial charge on any atom is -0.493 e. The molecule has 0 aliphatic carbocycles. The highest BCUT2D eigenvalue weighted by Crippen LogP contribution is 2.37. The highest BCUT2D eigenvalue weighted by Gasteiger charge is 2.43. The molecule has 0 radical (unpaired) electrons. The van der Waals surface area contributed by atoms with Crippen molar-refractivity contribution in [1.82, 2.24) is 20.3 Å². The second-order valence-electron chi connectivity index (χ2n) is 11.7. The molecular weight excluding hydrogens is 524 g/mol. The van der Waals surface area contributed by atoms with Gasteiger partial charge in [0.15, 0.2) is 11.5 Å². The zero-order valence-corrected chi connectivity index (χ0v) is 24.4. The third-order valence-electron chi connectivity index (χ3n) is 8.74. The lowest BCUT2D eigenvalue weighted by Crippen LogP contribution is -2.60. The fourth-order valence-electron chi connectivity index (χ4n) is 6.87. The summed E-state index contributed by atoms with van der Waals surface area (Å²) in [4.78, 5) is 43.6. The molecule has 1 N–H and O–H groups in total.